The van der Waals surface area contributed by atoms with Gasteiger partial charge in [0.1, 0.15) is 12.4 Å². The van der Waals surface area contributed by atoms with Gasteiger partial charge in [-0.05, 0) is 52.3 Å². The maximum absolute atomic E-state index is 6.07. The molecule has 2 rings (SSSR count). The second-order valence-electron chi connectivity index (χ2n) is 3.71. The molecule has 2 aromatic rings. The van der Waals surface area contributed by atoms with Gasteiger partial charge in [-0.1, -0.05) is 27.5 Å². The van der Waals surface area contributed by atoms with Crippen LogP contribution in [0.5, 0.6) is 5.75 Å². The summed E-state index contributed by atoms with van der Waals surface area (Å²) in [6.07, 6.45) is 0. The first-order valence-corrected chi connectivity index (χ1v) is 7.14. The fourth-order valence-electron chi connectivity index (χ4n) is 1.45. The van der Waals surface area contributed by atoms with E-state index in [1.807, 2.05) is 24.3 Å². The predicted octanol–water partition coefficient (Wildman–Crippen LogP) is 5.03. The van der Waals surface area contributed by atoms with Gasteiger partial charge in [0.2, 0.25) is 0 Å². The first-order chi connectivity index (χ1) is 8.56. The minimum absolute atomic E-state index is 0.379. The monoisotopic (exact) mass is 389 g/mol. The van der Waals surface area contributed by atoms with Crippen molar-refractivity contribution in [2.45, 2.75) is 6.61 Å². The van der Waals surface area contributed by atoms with E-state index in [2.05, 4.69) is 31.9 Å². The molecule has 0 aliphatic heterocycles. The number of ether oxygens (including phenoxy) is 1. The van der Waals surface area contributed by atoms with Gasteiger partial charge in [0.25, 0.3) is 0 Å². The topological polar surface area (TPSA) is 35.2 Å². The summed E-state index contributed by atoms with van der Waals surface area (Å²) < 4.78 is 7.58. The molecule has 5 heteroatoms. The Morgan fingerprint density at radius 2 is 1.89 bits per heavy atom. The van der Waals surface area contributed by atoms with Gasteiger partial charge in [-0.15, -0.1) is 0 Å². The van der Waals surface area contributed by atoms with Crippen LogP contribution in [0.3, 0.4) is 0 Å². The van der Waals surface area contributed by atoms with E-state index in [0.29, 0.717) is 17.3 Å². The highest BCUT2D eigenvalue weighted by molar-refractivity contribution is 9.11. The van der Waals surface area contributed by atoms with Crippen LogP contribution in [0.15, 0.2) is 45.3 Å². The van der Waals surface area contributed by atoms with Crippen LogP contribution in [0.1, 0.15) is 5.56 Å². The van der Waals surface area contributed by atoms with Gasteiger partial charge in [0.05, 0.1) is 4.47 Å². The van der Waals surface area contributed by atoms with Gasteiger partial charge >= 0.3 is 0 Å². The van der Waals surface area contributed by atoms with Crippen LogP contribution >= 0.6 is 43.5 Å². The molecule has 2 aromatic carbocycles. The summed E-state index contributed by atoms with van der Waals surface area (Å²) in [6, 6.07) is 11.1. The van der Waals surface area contributed by atoms with Crippen molar-refractivity contribution in [2.75, 3.05) is 5.73 Å². The van der Waals surface area contributed by atoms with E-state index in [1.165, 1.54) is 0 Å². The second kappa shape index (κ2) is 5.95. The molecule has 0 atom stereocenters. The lowest BCUT2D eigenvalue weighted by atomic mass is 10.2. The smallest absolute Gasteiger partial charge is 0.134 e. The van der Waals surface area contributed by atoms with Crippen molar-refractivity contribution in [3.8, 4) is 5.75 Å². The first-order valence-electron chi connectivity index (χ1n) is 5.18. The zero-order valence-corrected chi connectivity index (χ0v) is 13.2. The standard InChI is InChI=1S/C13H10Br2ClNO/c14-9-1-4-13(11(15)6-9)18-7-8-5-10(17)2-3-12(8)16/h1-6H,7,17H2. The van der Waals surface area contributed by atoms with Gasteiger partial charge < -0.3 is 10.5 Å². The summed E-state index contributed by atoms with van der Waals surface area (Å²) in [7, 11) is 0. The first kappa shape index (κ1) is 13.7. The maximum atomic E-state index is 6.07. The molecule has 94 valence electrons. The van der Waals surface area contributed by atoms with Crippen LogP contribution in [-0.2, 0) is 6.61 Å². The molecule has 0 saturated heterocycles. The molecule has 0 spiro atoms. The summed E-state index contributed by atoms with van der Waals surface area (Å²) in [5.74, 6) is 0.761. The Morgan fingerprint density at radius 1 is 1.11 bits per heavy atom. The van der Waals surface area contributed by atoms with Gasteiger partial charge in [-0.25, -0.2) is 0 Å². The molecule has 0 amide bonds. The molecule has 0 aliphatic carbocycles. The van der Waals surface area contributed by atoms with Gasteiger partial charge in [-0.2, -0.15) is 0 Å². The molecule has 0 unspecified atom stereocenters. The minimum atomic E-state index is 0.379. The van der Waals surface area contributed by atoms with Crippen LogP contribution in [0.2, 0.25) is 5.02 Å². The third-order valence-corrected chi connectivity index (χ3v) is 3.83. The molecule has 0 aliphatic rings. The third-order valence-electron chi connectivity index (χ3n) is 2.35. The zero-order valence-electron chi connectivity index (χ0n) is 9.29. The highest BCUT2D eigenvalue weighted by atomic mass is 79.9. The molecule has 2 nitrogen and oxygen atoms in total. The molecule has 18 heavy (non-hydrogen) atoms. The number of nitrogens with two attached hydrogens (primary N) is 1. The summed E-state index contributed by atoms with van der Waals surface area (Å²) in [5, 5.41) is 0.650. The van der Waals surface area contributed by atoms with Gasteiger partial charge in [-0.3, -0.25) is 0 Å². The minimum Gasteiger partial charge on any atom is -0.488 e. The lowest BCUT2D eigenvalue weighted by molar-refractivity contribution is 0.304. The van der Waals surface area contributed by atoms with Crippen molar-refractivity contribution in [2.24, 2.45) is 0 Å². The number of hydrogen-bond acceptors (Lipinski definition) is 2. The number of anilines is 1. The van der Waals surface area contributed by atoms with E-state index in [4.69, 9.17) is 22.1 Å². The summed E-state index contributed by atoms with van der Waals surface area (Å²) in [4.78, 5) is 0. The van der Waals surface area contributed by atoms with Crippen LogP contribution < -0.4 is 10.5 Å². The van der Waals surface area contributed by atoms with Crippen molar-refractivity contribution in [1.82, 2.24) is 0 Å². The lowest BCUT2D eigenvalue weighted by Crippen LogP contribution is -1.98. The highest BCUT2D eigenvalue weighted by Crippen LogP contribution is 2.29. The average Bonchev–Trinajstić information content (AvgIpc) is 2.32. The number of benzene rings is 2. The Hall–Kier alpha value is -0.710. The Morgan fingerprint density at radius 3 is 2.61 bits per heavy atom. The number of hydrogen-bond donors (Lipinski definition) is 1. The summed E-state index contributed by atoms with van der Waals surface area (Å²) >= 11 is 12.9. The molecule has 0 saturated carbocycles. The zero-order chi connectivity index (χ0) is 13.1. The Balaban J connectivity index is 2.13. The van der Waals surface area contributed by atoms with Crippen LogP contribution in [0.4, 0.5) is 5.69 Å². The van der Waals surface area contributed by atoms with E-state index in [-0.39, 0.29) is 0 Å². The Bertz CT molecular complexity index is 575. The number of rotatable bonds is 3. The molecule has 2 N–H and O–H groups in total. The quantitative estimate of drug-likeness (QED) is 0.745. The normalized spacial score (nSPS) is 10.4. The Labute approximate surface area is 127 Å². The SMILES string of the molecule is Nc1ccc(Cl)c(COc2ccc(Br)cc2Br)c1. The number of nitrogen functional groups attached to an aromatic ring is 1. The van der Waals surface area contributed by atoms with Crippen molar-refractivity contribution in [1.29, 1.82) is 0 Å². The fourth-order valence-corrected chi connectivity index (χ4v) is 2.79. The molecular formula is C13H10Br2ClNO. The summed E-state index contributed by atoms with van der Waals surface area (Å²) in [6.45, 7) is 0.379. The fraction of sp³-hybridized carbons (Fsp3) is 0.0769. The Kier molecular flexibility index (Phi) is 4.54. The second-order valence-corrected chi connectivity index (χ2v) is 5.89. The van der Waals surface area contributed by atoms with Crippen molar-refractivity contribution in [3.63, 3.8) is 0 Å². The van der Waals surface area contributed by atoms with E-state index in [1.54, 1.807) is 12.1 Å². The largest absolute Gasteiger partial charge is 0.488 e. The lowest BCUT2D eigenvalue weighted by Gasteiger charge is -2.10. The molecule has 0 aromatic heterocycles. The van der Waals surface area contributed by atoms with Crippen LogP contribution in [0.25, 0.3) is 0 Å². The maximum Gasteiger partial charge on any atom is 0.134 e. The van der Waals surface area contributed by atoms with E-state index in [9.17, 15) is 0 Å². The van der Waals surface area contributed by atoms with Crippen molar-refractivity contribution >= 4 is 49.1 Å². The van der Waals surface area contributed by atoms with Gasteiger partial charge in [0, 0.05) is 20.7 Å². The molecule has 0 fully saturated rings. The number of halogens is 3. The molecular weight excluding hydrogens is 381 g/mol. The molecule has 0 radical (unpaired) electrons. The van der Waals surface area contributed by atoms with E-state index >= 15 is 0 Å². The van der Waals surface area contributed by atoms with Crippen molar-refractivity contribution < 1.29 is 4.74 Å². The average molecular weight is 391 g/mol. The van der Waals surface area contributed by atoms with Gasteiger partial charge in [0.15, 0.2) is 0 Å². The van der Waals surface area contributed by atoms with E-state index in [0.717, 1.165) is 20.3 Å². The van der Waals surface area contributed by atoms with Crippen molar-refractivity contribution in [3.05, 3.63) is 55.9 Å². The summed E-state index contributed by atoms with van der Waals surface area (Å²) in [5.41, 5.74) is 7.26. The predicted molar refractivity (Wildman–Crippen MR) is 82.0 cm³/mol. The molecule has 0 heterocycles. The van der Waals surface area contributed by atoms with E-state index < -0.39 is 0 Å². The molecule has 0 bridgehead atoms. The highest BCUT2D eigenvalue weighted by Gasteiger charge is 2.05. The third kappa shape index (κ3) is 3.40. The van der Waals surface area contributed by atoms with Crippen LogP contribution in [0, 0.1) is 0 Å². The van der Waals surface area contributed by atoms with Crippen LogP contribution in [-0.4, -0.2) is 0 Å².